The third-order valence-electron chi connectivity index (χ3n) is 3.37. The molecule has 0 bridgehead atoms. The Labute approximate surface area is 114 Å². The van der Waals surface area contributed by atoms with Gasteiger partial charge in [-0.3, -0.25) is 4.79 Å². The van der Waals surface area contributed by atoms with Crippen LogP contribution in [0, 0.1) is 0 Å². The highest BCUT2D eigenvalue weighted by Crippen LogP contribution is 2.29. The van der Waals surface area contributed by atoms with E-state index in [1.165, 1.54) is 0 Å². The summed E-state index contributed by atoms with van der Waals surface area (Å²) in [6.07, 6.45) is 2.66. The van der Waals surface area contributed by atoms with Gasteiger partial charge < -0.3 is 15.4 Å². The van der Waals surface area contributed by atoms with Gasteiger partial charge in [0.1, 0.15) is 0 Å². The van der Waals surface area contributed by atoms with Crippen molar-refractivity contribution in [2.75, 3.05) is 18.9 Å². The number of nitrogens with zero attached hydrogens (tertiary/aromatic N) is 1. The fourth-order valence-corrected chi connectivity index (χ4v) is 2.12. The molecular formula is C15H22N2O2. The van der Waals surface area contributed by atoms with E-state index in [9.17, 15) is 4.79 Å². The first-order valence-corrected chi connectivity index (χ1v) is 6.93. The van der Waals surface area contributed by atoms with Crippen molar-refractivity contribution >= 4 is 11.6 Å². The maximum Gasteiger partial charge on any atom is 0.225 e. The molecule has 1 aromatic carbocycles. The van der Waals surface area contributed by atoms with Crippen LogP contribution in [0.5, 0.6) is 0 Å². The van der Waals surface area contributed by atoms with Crippen molar-refractivity contribution in [1.29, 1.82) is 0 Å². The Morgan fingerprint density at radius 2 is 2.16 bits per heavy atom. The second-order valence-corrected chi connectivity index (χ2v) is 4.90. The maximum atomic E-state index is 12.2. The zero-order chi connectivity index (χ0) is 13.7. The molecule has 0 unspecified atom stereocenters. The molecule has 1 aliphatic rings. The number of ether oxygens (including phenoxy) is 1. The Bertz CT molecular complexity index is 430. The molecule has 1 saturated carbocycles. The average molecular weight is 262 g/mol. The number of anilines is 1. The molecule has 0 atom stereocenters. The number of para-hydroxylation sites is 1. The molecule has 2 rings (SSSR count). The fourth-order valence-electron chi connectivity index (χ4n) is 2.12. The third-order valence-corrected chi connectivity index (χ3v) is 3.37. The van der Waals surface area contributed by atoms with Crippen LogP contribution in [0.15, 0.2) is 24.3 Å². The highest BCUT2D eigenvalue weighted by atomic mass is 16.5. The van der Waals surface area contributed by atoms with Gasteiger partial charge in [-0.05, 0) is 31.4 Å². The predicted molar refractivity (Wildman–Crippen MR) is 75.5 cm³/mol. The normalized spacial score (nSPS) is 14.4. The molecule has 4 heteroatoms. The minimum absolute atomic E-state index is 0.166. The SMILES string of the molecule is CCOCCC(=O)N(Cc1ccccc1N)C1CC1. The van der Waals surface area contributed by atoms with Gasteiger partial charge in [0.2, 0.25) is 5.91 Å². The number of hydrogen-bond acceptors (Lipinski definition) is 3. The molecule has 0 radical (unpaired) electrons. The summed E-state index contributed by atoms with van der Waals surface area (Å²) in [6.45, 7) is 3.71. The minimum atomic E-state index is 0.166. The number of nitrogen functional groups attached to an aromatic ring is 1. The van der Waals surface area contributed by atoms with Crippen LogP contribution in [0.2, 0.25) is 0 Å². The molecule has 0 aliphatic heterocycles. The molecular weight excluding hydrogens is 240 g/mol. The Morgan fingerprint density at radius 3 is 2.79 bits per heavy atom. The van der Waals surface area contributed by atoms with Gasteiger partial charge in [0.05, 0.1) is 13.0 Å². The van der Waals surface area contributed by atoms with E-state index in [1.807, 2.05) is 36.1 Å². The van der Waals surface area contributed by atoms with Crippen LogP contribution in [-0.2, 0) is 16.1 Å². The van der Waals surface area contributed by atoms with Gasteiger partial charge in [-0.15, -0.1) is 0 Å². The van der Waals surface area contributed by atoms with Crippen LogP contribution in [-0.4, -0.2) is 30.1 Å². The lowest BCUT2D eigenvalue weighted by Gasteiger charge is -2.23. The van der Waals surface area contributed by atoms with Gasteiger partial charge in [0.15, 0.2) is 0 Å². The van der Waals surface area contributed by atoms with Gasteiger partial charge >= 0.3 is 0 Å². The van der Waals surface area contributed by atoms with Gasteiger partial charge in [-0.2, -0.15) is 0 Å². The van der Waals surface area contributed by atoms with E-state index in [4.69, 9.17) is 10.5 Å². The quantitative estimate of drug-likeness (QED) is 0.605. The maximum absolute atomic E-state index is 12.2. The Morgan fingerprint density at radius 1 is 1.42 bits per heavy atom. The van der Waals surface area contributed by atoms with Gasteiger partial charge in [-0.25, -0.2) is 0 Å². The Kier molecular flexibility index (Phi) is 4.80. The molecule has 0 heterocycles. The van der Waals surface area contributed by atoms with Crippen molar-refractivity contribution in [1.82, 2.24) is 4.90 Å². The summed E-state index contributed by atoms with van der Waals surface area (Å²) in [4.78, 5) is 14.2. The summed E-state index contributed by atoms with van der Waals surface area (Å²) in [7, 11) is 0. The van der Waals surface area contributed by atoms with Crippen LogP contribution in [0.4, 0.5) is 5.69 Å². The average Bonchev–Trinajstić information content (AvgIpc) is 3.22. The zero-order valence-corrected chi connectivity index (χ0v) is 11.5. The van der Waals surface area contributed by atoms with Gasteiger partial charge in [-0.1, -0.05) is 18.2 Å². The van der Waals surface area contributed by atoms with Crippen LogP contribution < -0.4 is 5.73 Å². The van der Waals surface area contributed by atoms with Crippen molar-refractivity contribution in [3.8, 4) is 0 Å². The largest absolute Gasteiger partial charge is 0.398 e. The van der Waals surface area contributed by atoms with E-state index in [-0.39, 0.29) is 5.91 Å². The van der Waals surface area contributed by atoms with Crippen molar-refractivity contribution in [2.24, 2.45) is 0 Å². The summed E-state index contributed by atoms with van der Waals surface area (Å²) >= 11 is 0. The number of carbonyl (C=O) groups is 1. The predicted octanol–water partition coefficient (Wildman–Crippen LogP) is 2.19. The molecule has 0 saturated heterocycles. The lowest BCUT2D eigenvalue weighted by atomic mass is 10.1. The van der Waals surface area contributed by atoms with E-state index in [2.05, 4.69) is 0 Å². The summed E-state index contributed by atoms with van der Waals surface area (Å²) < 4.78 is 5.26. The van der Waals surface area contributed by atoms with Gasteiger partial charge in [0.25, 0.3) is 0 Å². The van der Waals surface area contributed by atoms with Crippen molar-refractivity contribution in [3.05, 3.63) is 29.8 Å². The van der Waals surface area contributed by atoms with E-state index in [1.54, 1.807) is 0 Å². The number of carbonyl (C=O) groups excluding carboxylic acids is 1. The van der Waals surface area contributed by atoms with Crippen LogP contribution >= 0.6 is 0 Å². The zero-order valence-electron chi connectivity index (χ0n) is 11.5. The van der Waals surface area contributed by atoms with Crippen molar-refractivity contribution in [3.63, 3.8) is 0 Å². The first-order chi connectivity index (χ1) is 9.22. The molecule has 1 aromatic rings. The Hall–Kier alpha value is -1.55. The highest BCUT2D eigenvalue weighted by molar-refractivity contribution is 5.77. The molecule has 1 amide bonds. The second-order valence-electron chi connectivity index (χ2n) is 4.90. The monoisotopic (exact) mass is 262 g/mol. The topological polar surface area (TPSA) is 55.6 Å². The van der Waals surface area contributed by atoms with E-state index >= 15 is 0 Å². The molecule has 19 heavy (non-hydrogen) atoms. The molecule has 0 spiro atoms. The van der Waals surface area contributed by atoms with Crippen molar-refractivity contribution < 1.29 is 9.53 Å². The first-order valence-electron chi connectivity index (χ1n) is 6.93. The summed E-state index contributed by atoms with van der Waals surface area (Å²) in [6, 6.07) is 8.14. The van der Waals surface area contributed by atoms with E-state index < -0.39 is 0 Å². The number of benzene rings is 1. The molecule has 4 nitrogen and oxygen atoms in total. The van der Waals surface area contributed by atoms with E-state index in [0.717, 1.165) is 24.1 Å². The number of rotatable bonds is 7. The second kappa shape index (κ2) is 6.57. The van der Waals surface area contributed by atoms with E-state index in [0.29, 0.717) is 32.2 Å². The van der Waals surface area contributed by atoms with Gasteiger partial charge in [0, 0.05) is 24.9 Å². The molecule has 104 valence electrons. The lowest BCUT2D eigenvalue weighted by molar-refractivity contribution is -0.133. The molecule has 0 aromatic heterocycles. The van der Waals surface area contributed by atoms with Crippen molar-refractivity contribution in [2.45, 2.75) is 38.8 Å². The third kappa shape index (κ3) is 3.96. The first kappa shape index (κ1) is 13.9. The smallest absolute Gasteiger partial charge is 0.225 e. The van der Waals surface area contributed by atoms with Crippen LogP contribution in [0.3, 0.4) is 0 Å². The standard InChI is InChI=1S/C15H22N2O2/c1-2-19-10-9-15(18)17(13-7-8-13)11-12-5-3-4-6-14(12)16/h3-6,13H,2,7-11,16H2,1H3. The number of amides is 1. The summed E-state index contributed by atoms with van der Waals surface area (Å²) in [5.74, 6) is 0.166. The van der Waals surface area contributed by atoms with Crippen LogP contribution in [0.1, 0.15) is 31.7 Å². The molecule has 2 N–H and O–H groups in total. The summed E-state index contributed by atoms with van der Waals surface area (Å²) in [5.41, 5.74) is 7.73. The number of hydrogen-bond donors (Lipinski definition) is 1. The minimum Gasteiger partial charge on any atom is -0.398 e. The lowest BCUT2D eigenvalue weighted by Crippen LogP contribution is -2.33. The Balaban J connectivity index is 1.96. The molecule has 1 aliphatic carbocycles. The highest BCUT2D eigenvalue weighted by Gasteiger charge is 2.32. The van der Waals surface area contributed by atoms with Crippen LogP contribution in [0.25, 0.3) is 0 Å². The summed E-state index contributed by atoms with van der Waals surface area (Å²) in [5, 5.41) is 0. The fraction of sp³-hybridized carbons (Fsp3) is 0.533. The molecule has 1 fully saturated rings. The number of nitrogens with two attached hydrogens (primary N) is 1.